The van der Waals surface area contributed by atoms with E-state index in [0.29, 0.717) is 28.0 Å². The van der Waals surface area contributed by atoms with Crippen molar-refractivity contribution in [3.05, 3.63) is 96.2 Å². The molecule has 0 saturated carbocycles. The molecular formula is C25H17FN4O3. The maximum absolute atomic E-state index is 13.0. The minimum absolute atomic E-state index is 0.119. The second-order valence-electron chi connectivity index (χ2n) is 7.17. The van der Waals surface area contributed by atoms with Crippen molar-refractivity contribution in [1.29, 1.82) is 0 Å². The largest absolute Gasteiger partial charge is 0.464 e. The third-order valence-electron chi connectivity index (χ3n) is 5.01. The molecule has 1 amide bonds. The van der Waals surface area contributed by atoms with E-state index in [4.69, 9.17) is 14.6 Å². The summed E-state index contributed by atoms with van der Waals surface area (Å²) in [5.41, 5.74) is 11.8. The van der Waals surface area contributed by atoms with Crippen molar-refractivity contribution < 1.29 is 18.0 Å². The molecule has 5 rings (SSSR count). The van der Waals surface area contributed by atoms with E-state index in [-0.39, 0.29) is 23.0 Å². The van der Waals surface area contributed by atoms with Gasteiger partial charge in [-0.2, -0.15) is 5.10 Å². The zero-order valence-electron chi connectivity index (χ0n) is 17.2. The van der Waals surface area contributed by atoms with Crippen LogP contribution in [0.25, 0.3) is 33.7 Å². The Morgan fingerprint density at radius 2 is 1.85 bits per heavy atom. The van der Waals surface area contributed by atoms with E-state index in [2.05, 4.69) is 15.5 Å². The topological polar surface area (TPSA) is 107 Å². The smallest absolute Gasteiger partial charge is 0.309 e. The summed E-state index contributed by atoms with van der Waals surface area (Å²) < 4.78 is 24.4. The number of carbonyl (C=O) groups is 1. The average Bonchev–Trinajstić information content (AvgIpc) is 3.49. The van der Waals surface area contributed by atoms with Crippen LogP contribution in [0, 0.1) is 5.82 Å². The summed E-state index contributed by atoms with van der Waals surface area (Å²) in [7, 11) is 0. The Kier molecular flexibility index (Phi) is 5.16. The van der Waals surface area contributed by atoms with Crippen LogP contribution in [-0.4, -0.2) is 17.1 Å². The first kappa shape index (κ1) is 20.2. The fourth-order valence-electron chi connectivity index (χ4n) is 3.44. The molecule has 3 aromatic heterocycles. The Hall–Kier alpha value is -4.72. The fraction of sp³-hybridized carbons (Fsp3) is 0. The maximum atomic E-state index is 13.0. The van der Waals surface area contributed by atoms with E-state index in [0.717, 1.165) is 5.56 Å². The van der Waals surface area contributed by atoms with Gasteiger partial charge in [-0.1, -0.05) is 42.5 Å². The number of furan rings is 2. The van der Waals surface area contributed by atoms with Crippen molar-refractivity contribution in [3.8, 4) is 22.6 Å². The summed E-state index contributed by atoms with van der Waals surface area (Å²) in [5.74, 6) is -0.559. The Labute approximate surface area is 187 Å². The molecule has 2 aromatic carbocycles. The van der Waals surface area contributed by atoms with Gasteiger partial charge in [-0.3, -0.25) is 4.79 Å². The van der Waals surface area contributed by atoms with Crippen molar-refractivity contribution in [2.45, 2.75) is 0 Å². The van der Waals surface area contributed by atoms with Crippen LogP contribution in [0.3, 0.4) is 0 Å². The highest BCUT2D eigenvalue weighted by molar-refractivity contribution is 6.10. The quantitative estimate of drug-likeness (QED) is 0.287. The molecule has 0 saturated heterocycles. The number of aromatic nitrogens is 1. The highest BCUT2D eigenvalue weighted by Crippen LogP contribution is 2.38. The van der Waals surface area contributed by atoms with E-state index < -0.39 is 5.91 Å². The first-order valence-electron chi connectivity index (χ1n) is 10.0. The number of fused-ring (bicyclic) bond motifs is 1. The van der Waals surface area contributed by atoms with Crippen LogP contribution in [0.1, 0.15) is 16.1 Å². The standard InChI is InChI=1S/C25H17FN4O3/c26-17-10-8-15(9-11-17)14-28-30-24(31)23-22(27)21-18(20-7-4-12-32-20)13-19(29-25(21)33-23)16-5-2-1-3-6-16/h1-14H,27H2,(H,30,31). The van der Waals surface area contributed by atoms with Gasteiger partial charge in [0.1, 0.15) is 11.6 Å². The molecule has 0 aliphatic heterocycles. The summed E-state index contributed by atoms with van der Waals surface area (Å²) in [5, 5.41) is 4.36. The molecule has 3 heterocycles. The summed E-state index contributed by atoms with van der Waals surface area (Å²) in [4.78, 5) is 17.3. The van der Waals surface area contributed by atoms with E-state index >= 15 is 0 Å². The van der Waals surface area contributed by atoms with Gasteiger partial charge in [0.25, 0.3) is 0 Å². The lowest BCUT2D eigenvalue weighted by Gasteiger charge is -2.05. The number of rotatable bonds is 5. The lowest BCUT2D eigenvalue weighted by atomic mass is 10.0. The highest BCUT2D eigenvalue weighted by atomic mass is 19.1. The monoisotopic (exact) mass is 440 g/mol. The fourth-order valence-corrected chi connectivity index (χ4v) is 3.44. The number of benzene rings is 2. The lowest BCUT2D eigenvalue weighted by Crippen LogP contribution is -2.18. The van der Waals surface area contributed by atoms with Crippen LogP contribution in [0.15, 0.2) is 93.0 Å². The van der Waals surface area contributed by atoms with Crippen molar-refractivity contribution >= 4 is 28.9 Å². The number of hydrazone groups is 1. The lowest BCUT2D eigenvalue weighted by molar-refractivity contribution is 0.0930. The van der Waals surface area contributed by atoms with E-state index in [1.54, 1.807) is 18.4 Å². The molecule has 0 aliphatic rings. The van der Waals surface area contributed by atoms with E-state index in [9.17, 15) is 9.18 Å². The molecule has 0 bridgehead atoms. The summed E-state index contributed by atoms with van der Waals surface area (Å²) in [6, 6.07) is 20.6. The predicted octanol–water partition coefficient (Wildman–Crippen LogP) is 5.24. The van der Waals surface area contributed by atoms with Gasteiger partial charge in [0.2, 0.25) is 11.5 Å². The number of nitrogen functional groups attached to an aromatic ring is 1. The van der Waals surface area contributed by atoms with Gasteiger partial charge in [-0.15, -0.1) is 0 Å². The Balaban J connectivity index is 1.54. The Bertz CT molecular complexity index is 1460. The van der Waals surface area contributed by atoms with Crippen molar-refractivity contribution in [3.63, 3.8) is 0 Å². The number of anilines is 1. The molecule has 0 unspecified atom stereocenters. The minimum Gasteiger partial charge on any atom is -0.464 e. The van der Waals surface area contributed by atoms with Crippen LogP contribution in [0.2, 0.25) is 0 Å². The first-order valence-corrected chi connectivity index (χ1v) is 10.0. The number of halogens is 1. The molecule has 8 heteroatoms. The normalized spacial score (nSPS) is 11.3. The molecule has 0 atom stereocenters. The van der Waals surface area contributed by atoms with Gasteiger partial charge in [0.05, 0.1) is 29.2 Å². The number of carbonyl (C=O) groups excluding carboxylic acids is 1. The summed E-state index contributed by atoms with van der Waals surface area (Å²) in [6.45, 7) is 0. The Morgan fingerprint density at radius 3 is 2.58 bits per heavy atom. The predicted molar refractivity (Wildman–Crippen MR) is 123 cm³/mol. The molecular weight excluding hydrogens is 423 g/mol. The number of nitrogens with zero attached hydrogens (tertiary/aromatic N) is 2. The highest BCUT2D eigenvalue weighted by Gasteiger charge is 2.24. The van der Waals surface area contributed by atoms with Crippen LogP contribution in [0.4, 0.5) is 10.1 Å². The molecule has 33 heavy (non-hydrogen) atoms. The molecule has 0 spiro atoms. The summed E-state index contributed by atoms with van der Waals surface area (Å²) >= 11 is 0. The molecule has 7 nitrogen and oxygen atoms in total. The third-order valence-corrected chi connectivity index (χ3v) is 5.01. The molecule has 3 N–H and O–H groups in total. The summed E-state index contributed by atoms with van der Waals surface area (Å²) in [6.07, 6.45) is 2.94. The molecule has 5 aromatic rings. The SMILES string of the molecule is Nc1c(C(=O)NN=Cc2ccc(F)cc2)oc2nc(-c3ccccc3)cc(-c3ccco3)c12. The van der Waals surface area contributed by atoms with Gasteiger partial charge < -0.3 is 14.6 Å². The van der Waals surface area contributed by atoms with Gasteiger partial charge >= 0.3 is 5.91 Å². The first-order chi connectivity index (χ1) is 16.1. The Morgan fingerprint density at radius 1 is 1.06 bits per heavy atom. The molecule has 0 radical (unpaired) electrons. The van der Waals surface area contributed by atoms with Crippen molar-refractivity contribution in [2.75, 3.05) is 5.73 Å². The van der Waals surface area contributed by atoms with Gasteiger partial charge in [0, 0.05) is 11.1 Å². The number of nitrogens with one attached hydrogen (secondary N) is 1. The zero-order valence-corrected chi connectivity index (χ0v) is 17.2. The van der Waals surface area contributed by atoms with Gasteiger partial charge in [-0.05, 0) is 35.9 Å². The third kappa shape index (κ3) is 3.97. The second-order valence-corrected chi connectivity index (χ2v) is 7.17. The van der Waals surface area contributed by atoms with Crippen LogP contribution < -0.4 is 11.2 Å². The van der Waals surface area contributed by atoms with Crippen molar-refractivity contribution in [2.24, 2.45) is 5.10 Å². The molecule has 0 aliphatic carbocycles. The van der Waals surface area contributed by atoms with Crippen LogP contribution in [0.5, 0.6) is 0 Å². The van der Waals surface area contributed by atoms with Crippen LogP contribution in [-0.2, 0) is 0 Å². The number of amides is 1. The maximum Gasteiger partial charge on any atom is 0.309 e. The number of hydrogen-bond acceptors (Lipinski definition) is 6. The van der Waals surface area contributed by atoms with Crippen molar-refractivity contribution in [1.82, 2.24) is 10.4 Å². The number of nitrogens with two attached hydrogens (primary N) is 1. The molecule has 162 valence electrons. The van der Waals surface area contributed by atoms with E-state index in [1.807, 2.05) is 36.4 Å². The zero-order chi connectivity index (χ0) is 22.8. The van der Waals surface area contributed by atoms with E-state index in [1.165, 1.54) is 30.5 Å². The van der Waals surface area contributed by atoms with Gasteiger partial charge in [-0.25, -0.2) is 14.8 Å². The number of hydrogen-bond donors (Lipinski definition) is 2. The number of pyridine rings is 1. The average molecular weight is 440 g/mol. The minimum atomic E-state index is -0.643. The van der Waals surface area contributed by atoms with Gasteiger partial charge in [0.15, 0.2) is 0 Å². The van der Waals surface area contributed by atoms with Crippen LogP contribution >= 0.6 is 0 Å². The second kappa shape index (κ2) is 8.43. The molecule has 0 fully saturated rings.